The summed E-state index contributed by atoms with van der Waals surface area (Å²) < 4.78 is 4.93. The number of hydrogen-bond donors (Lipinski definition) is 1. The minimum atomic E-state index is -0.388. The molecule has 0 radical (unpaired) electrons. The number of carbonyl (C=O) groups is 2. The summed E-state index contributed by atoms with van der Waals surface area (Å²) in [6, 6.07) is 0. The average molecular weight is 299 g/mol. The maximum Gasteiger partial charge on any atom is 0.350 e. The zero-order chi connectivity index (χ0) is 14.0. The SMILES string of the molecule is CCOC(=O)c1sc(/N=C2\NC(=O)C(C)S2)nc1C. The van der Waals surface area contributed by atoms with Gasteiger partial charge in [-0.2, -0.15) is 4.99 Å². The van der Waals surface area contributed by atoms with Crippen molar-refractivity contribution < 1.29 is 14.3 Å². The quantitative estimate of drug-likeness (QED) is 0.862. The maximum absolute atomic E-state index is 11.6. The third-order valence-corrected chi connectivity index (χ3v) is 4.35. The first-order valence-electron chi connectivity index (χ1n) is 5.72. The highest BCUT2D eigenvalue weighted by atomic mass is 32.2. The average Bonchev–Trinajstić information content (AvgIpc) is 2.84. The summed E-state index contributed by atoms with van der Waals surface area (Å²) in [6.07, 6.45) is 0. The monoisotopic (exact) mass is 299 g/mol. The summed E-state index contributed by atoms with van der Waals surface area (Å²) in [7, 11) is 0. The molecule has 1 aromatic rings. The third-order valence-electron chi connectivity index (χ3n) is 2.33. The molecule has 1 saturated heterocycles. The van der Waals surface area contributed by atoms with Crippen molar-refractivity contribution in [3.8, 4) is 0 Å². The fourth-order valence-corrected chi connectivity index (χ4v) is 3.11. The zero-order valence-corrected chi connectivity index (χ0v) is 12.4. The summed E-state index contributed by atoms with van der Waals surface area (Å²) in [5.41, 5.74) is 0.588. The summed E-state index contributed by atoms with van der Waals surface area (Å²) in [6.45, 7) is 5.61. The first-order chi connectivity index (χ1) is 9.01. The van der Waals surface area contributed by atoms with E-state index in [-0.39, 0.29) is 17.1 Å². The molecule has 8 heteroatoms. The summed E-state index contributed by atoms with van der Waals surface area (Å²) >= 11 is 2.50. The number of aliphatic imine (C=N–C) groups is 1. The second-order valence-electron chi connectivity index (χ2n) is 3.80. The van der Waals surface area contributed by atoms with Crippen LogP contribution in [0.1, 0.15) is 29.2 Å². The van der Waals surface area contributed by atoms with E-state index in [1.165, 1.54) is 11.8 Å². The number of nitrogens with one attached hydrogen (secondary N) is 1. The van der Waals surface area contributed by atoms with Crippen LogP contribution in [0.5, 0.6) is 0 Å². The van der Waals surface area contributed by atoms with Crippen molar-refractivity contribution in [2.75, 3.05) is 6.61 Å². The predicted molar refractivity (Wildman–Crippen MR) is 75.1 cm³/mol. The van der Waals surface area contributed by atoms with E-state index < -0.39 is 0 Å². The molecule has 6 nitrogen and oxygen atoms in total. The molecule has 1 unspecified atom stereocenters. The number of hydrogen-bond acceptors (Lipinski definition) is 7. The first-order valence-corrected chi connectivity index (χ1v) is 7.41. The van der Waals surface area contributed by atoms with E-state index in [0.717, 1.165) is 11.3 Å². The van der Waals surface area contributed by atoms with Gasteiger partial charge in [-0.25, -0.2) is 9.78 Å². The Morgan fingerprint density at radius 3 is 2.89 bits per heavy atom. The minimum Gasteiger partial charge on any atom is -0.462 e. The highest BCUT2D eigenvalue weighted by molar-refractivity contribution is 8.15. The van der Waals surface area contributed by atoms with Gasteiger partial charge in [-0.15, -0.1) is 0 Å². The largest absolute Gasteiger partial charge is 0.462 e. The van der Waals surface area contributed by atoms with Crippen molar-refractivity contribution in [2.45, 2.75) is 26.0 Å². The second kappa shape index (κ2) is 5.70. The molecule has 0 aliphatic carbocycles. The standard InChI is InChI=1S/C11H13N3O3S2/c1-4-17-9(16)7-5(2)12-10(19-7)14-11-13-8(15)6(3)18-11/h6H,4H2,1-3H3,(H,12,13,14,15). The van der Waals surface area contributed by atoms with Crippen molar-refractivity contribution in [3.63, 3.8) is 0 Å². The number of nitrogens with zero attached hydrogens (tertiary/aromatic N) is 2. The molecule has 0 aromatic carbocycles. The van der Waals surface area contributed by atoms with Crippen LogP contribution in [0.2, 0.25) is 0 Å². The molecule has 1 fully saturated rings. The molecule has 0 saturated carbocycles. The number of carbonyl (C=O) groups excluding carboxylic acids is 2. The van der Waals surface area contributed by atoms with Gasteiger partial charge < -0.3 is 10.1 Å². The predicted octanol–water partition coefficient (Wildman–Crippen LogP) is 1.87. The minimum absolute atomic E-state index is 0.0670. The fourth-order valence-electron chi connectivity index (χ4n) is 1.41. The highest BCUT2D eigenvalue weighted by Crippen LogP contribution is 2.28. The van der Waals surface area contributed by atoms with Gasteiger partial charge in [0.1, 0.15) is 4.88 Å². The van der Waals surface area contributed by atoms with Gasteiger partial charge in [-0.05, 0) is 20.8 Å². The van der Waals surface area contributed by atoms with E-state index in [4.69, 9.17) is 4.74 Å². The van der Waals surface area contributed by atoms with Gasteiger partial charge in [-0.3, -0.25) is 4.79 Å². The van der Waals surface area contributed by atoms with Gasteiger partial charge in [0.25, 0.3) is 0 Å². The van der Waals surface area contributed by atoms with Gasteiger partial charge in [0, 0.05) is 0 Å². The number of aryl methyl sites for hydroxylation is 1. The van der Waals surface area contributed by atoms with Crippen LogP contribution in [-0.4, -0.2) is 33.9 Å². The first kappa shape index (κ1) is 14.0. The van der Waals surface area contributed by atoms with Crippen LogP contribution in [-0.2, 0) is 9.53 Å². The summed E-state index contributed by atoms with van der Waals surface area (Å²) in [5.74, 6) is -0.455. The Bertz CT molecular complexity index is 553. The van der Waals surface area contributed by atoms with Gasteiger partial charge in [0.05, 0.1) is 17.6 Å². The molecule has 2 heterocycles. The number of amides is 1. The van der Waals surface area contributed by atoms with E-state index in [0.29, 0.717) is 27.5 Å². The molecule has 1 aromatic heterocycles. The number of aromatic nitrogens is 1. The number of rotatable bonds is 3. The maximum atomic E-state index is 11.6. The Labute approximate surface area is 118 Å². The van der Waals surface area contributed by atoms with Crippen LogP contribution < -0.4 is 5.32 Å². The highest BCUT2D eigenvalue weighted by Gasteiger charge is 2.26. The molecule has 1 aliphatic heterocycles. The molecular weight excluding hydrogens is 286 g/mol. The lowest BCUT2D eigenvalue weighted by atomic mass is 10.4. The molecule has 1 atom stereocenters. The Balaban J connectivity index is 2.19. The smallest absolute Gasteiger partial charge is 0.350 e. The number of ether oxygens (including phenoxy) is 1. The Kier molecular flexibility index (Phi) is 4.20. The number of thioether (sulfide) groups is 1. The molecule has 2 rings (SSSR count). The molecular formula is C11H13N3O3S2. The van der Waals surface area contributed by atoms with Gasteiger partial charge in [-0.1, -0.05) is 23.1 Å². The molecule has 1 amide bonds. The van der Waals surface area contributed by atoms with Crippen molar-refractivity contribution in [3.05, 3.63) is 10.6 Å². The fraction of sp³-hybridized carbons (Fsp3) is 0.455. The zero-order valence-electron chi connectivity index (χ0n) is 10.7. The van der Waals surface area contributed by atoms with Gasteiger partial charge in [0.2, 0.25) is 11.0 Å². The third kappa shape index (κ3) is 3.13. The van der Waals surface area contributed by atoms with Crippen LogP contribution in [0.15, 0.2) is 4.99 Å². The van der Waals surface area contributed by atoms with E-state index in [9.17, 15) is 9.59 Å². The lowest BCUT2D eigenvalue weighted by Gasteiger charge is -1.97. The van der Waals surface area contributed by atoms with Crippen LogP contribution in [0, 0.1) is 6.92 Å². The number of esters is 1. The molecule has 19 heavy (non-hydrogen) atoms. The summed E-state index contributed by atoms with van der Waals surface area (Å²) in [5, 5.41) is 3.47. The lowest BCUT2D eigenvalue weighted by molar-refractivity contribution is -0.118. The van der Waals surface area contributed by atoms with Gasteiger partial charge in [0.15, 0.2) is 5.17 Å². The van der Waals surface area contributed by atoms with E-state index in [1.54, 1.807) is 20.8 Å². The van der Waals surface area contributed by atoms with Crippen LogP contribution >= 0.6 is 23.1 Å². The summed E-state index contributed by atoms with van der Waals surface area (Å²) in [4.78, 5) is 31.9. The number of thiazole rings is 1. The van der Waals surface area contributed by atoms with Crippen LogP contribution in [0.25, 0.3) is 0 Å². The van der Waals surface area contributed by atoms with E-state index in [1.807, 2.05) is 0 Å². The Morgan fingerprint density at radius 1 is 1.58 bits per heavy atom. The molecule has 102 valence electrons. The normalized spacial score (nSPS) is 20.7. The van der Waals surface area contributed by atoms with Gasteiger partial charge >= 0.3 is 5.97 Å². The molecule has 0 spiro atoms. The molecule has 1 N–H and O–H groups in total. The van der Waals surface area contributed by atoms with E-state index in [2.05, 4.69) is 15.3 Å². The number of amidine groups is 1. The Morgan fingerprint density at radius 2 is 2.32 bits per heavy atom. The van der Waals surface area contributed by atoms with Crippen molar-refractivity contribution in [1.29, 1.82) is 0 Å². The van der Waals surface area contributed by atoms with Crippen molar-refractivity contribution >= 4 is 45.3 Å². The van der Waals surface area contributed by atoms with Crippen molar-refractivity contribution in [2.24, 2.45) is 4.99 Å². The molecule has 0 bridgehead atoms. The Hall–Kier alpha value is -1.41. The van der Waals surface area contributed by atoms with Crippen LogP contribution in [0.4, 0.5) is 5.13 Å². The lowest BCUT2D eigenvalue weighted by Crippen LogP contribution is -2.23. The van der Waals surface area contributed by atoms with E-state index >= 15 is 0 Å². The second-order valence-corrected chi connectivity index (χ2v) is 6.10. The topological polar surface area (TPSA) is 80.6 Å². The van der Waals surface area contributed by atoms with Crippen LogP contribution in [0.3, 0.4) is 0 Å². The van der Waals surface area contributed by atoms with Crippen molar-refractivity contribution in [1.82, 2.24) is 10.3 Å². The molecule has 1 aliphatic rings.